The Morgan fingerprint density at radius 2 is 2.32 bits per heavy atom. The van der Waals surface area contributed by atoms with Crippen LogP contribution in [0, 0.1) is 11.3 Å². The smallest absolute Gasteiger partial charge is 0.252 e. The fraction of sp³-hybridized carbons (Fsp3) is 0.0909. The SMILES string of the molecule is N#Cc1ncn(-c2cc3c(cc2Br)C(N)C(=O)N3)n1. The van der Waals surface area contributed by atoms with E-state index in [1.165, 1.54) is 11.0 Å². The number of nitrogens with two attached hydrogens (primary N) is 1. The van der Waals surface area contributed by atoms with Crippen molar-refractivity contribution in [3.05, 3.63) is 34.3 Å². The number of nitriles is 1. The number of carbonyl (C=O) groups excluding carboxylic acids is 1. The molecule has 3 rings (SSSR count). The predicted octanol–water partition coefficient (Wildman–Crippen LogP) is 0.853. The first kappa shape index (κ1) is 11.8. The molecule has 1 aliphatic rings. The maximum absolute atomic E-state index is 11.5. The van der Waals surface area contributed by atoms with Crippen LogP contribution in [0.5, 0.6) is 0 Å². The van der Waals surface area contributed by atoms with Gasteiger partial charge in [0.15, 0.2) is 0 Å². The minimum Gasteiger partial charge on any atom is -0.324 e. The quantitative estimate of drug-likeness (QED) is 0.810. The summed E-state index contributed by atoms with van der Waals surface area (Å²) in [6.07, 6.45) is 1.43. The number of halogens is 1. The first-order valence-corrected chi connectivity index (χ1v) is 6.11. The molecule has 1 aliphatic heterocycles. The van der Waals surface area contributed by atoms with Crippen molar-refractivity contribution in [3.63, 3.8) is 0 Å². The van der Waals surface area contributed by atoms with E-state index in [1.807, 2.05) is 6.07 Å². The minimum atomic E-state index is -0.661. The maximum Gasteiger partial charge on any atom is 0.252 e. The summed E-state index contributed by atoms with van der Waals surface area (Å²) < 4.78 is 2.17. The predicted molar refractivity (Wildman–Crippen MR) is 69.3 cm³/mol. The molecule has 8 heteroatoms. The molecule has 2 aromatic rings. The Morgan fingerprint density at radius 3 is 3.00 bits per heavy atom. The zero-order valence-electron chi connectivity index (χ0n) is 9.46. The van der Waals surface area contributed by atoms with E-state index in [1.54, 1.807) is 12.1 Å². The summed E-state index contributed by atoms with van der Waals surface area (Å²) in [4.78, 5) is 15.3. The first-order valence-electron chi connectivity index (χ1n) is 5.32. The van der Waals surface area contributed by atoms with E-state index < -0.39 is 6.04 Å². The fourth-order valence-electron chi connectivity index (χ4n) is 1.90. The minimum absolute atomic E-state index is 0.0770. The van der Waals surface area contributed by atoms with Gasteiger partial charge in [-0.05, 0) is 28.1 Å². The second kappa shape index (κ2) is 4.15. The van der Waals surface area contributed by atoms with Gasteiger partial charge in [0.2, 0.25) is 5.91 Å². The third-order valence-electron chi connectivity index (χ3n) is 2.83. The van der Waals surface area contributed by atoms with Gasteiger partial charge in [-0.25, -0.2) is 9.67 Å². The highest BCUT2D eigenvalue weighted by atomic mass is 79.9. The van der Waals surface area contributed by atoms with Crippen LogP contribution in [0.15, 0.2) is 22.9 Å². The highest BCUT2D eigenvalue weighted by Gasteiger charge is 2.28. The van der Waals surface area contributed by atoms with Gasteiger partial charge >= 0.3 is 0 Å². The van der Waals surface area contributed by atoms with Gasteiger partial charge in [0.1, 0.15) is 18.4 Å². The van der Waals surface area contributed by atoms with Crippen LogP contribution < -0.4 is 11.1 Å². The van der Waals surface area contributed by atoms with Crippen LogP contribution in [-0.4, -0.2) is 20.7 Å². The largest absolute Gasteiger partial charge is 0.324 e. The van der Waals surface area contributed by atoms with Crippen molar-refractivity contribution in [3.8, 4) is 11.8 Å². The molecule has 19 heavy (non-hydrogen) atoms. The Hall–Kier alpha value is -2.24. The zero-order valence-corrected chi connectivity index (χ0v) is 11.0. The molecule has 2 heterocycles. The lowest BCUT2D eigenvalue weighted by molar-refractivity contribution is -0.116. The van der Waals surface area contributed by atoms with Crippen molar-refractivity contribution < 1.29 is 4.79 Å². The van der Waals surface area contributed by atoms with Crippen molar-refractivity contribution in [2.75, 3.05) is 5.32 Å². The molecule has 94 valence electrons. The number of fused-ring (bicyclic) bond motifs is 1. The number of rotatable bonds is 1. The number of hydrogen-bond donors (Lipinski definition) is 2. The van der Waals surface area contributed by atoms with Gasteiger partial charge in [-0.15, -0.1) is 5.10 Å². The fourth-order valence-corrected chi connectivity index (χ4v) is 2.44. The standard InChI is InChI=1S/C11H7BrN6O/c12-6-1-5-7(16-11(19)10(5)14)2-8(6)18-4-15-9(3-13)17-18/h1-2,4,10H,14H2,(H,16,19). The van der Waals surface area contributed by atoms with Crippen LogP contribution in [0.4, 0.5) is 5.69 Å². The van der Waals surface area contributed by atoms with E-state index in [9.17, 15) is 4.79 Å². The Morgan fingerprint density at radius 1 is 1.53 bits per heavy atom. The van der Waals surface area contributed by atoms with Crippen LogP contribution in [0.2, 0.25) is 0 Å². The molecule has 0 saturated heterocycles. The van der Waals surface area contributed by atoms with Gasteiger partial charge < -0.3 is 11.1 Å². The molecule has 3 N–H and O–H groups in total. The van der Waals surface area contributed by atoms with Crippen LogP contribution in [0.1, 0.15) is 17.4 Å². The molecular formula is C11H7BrN6O. The van der Waals surface area contributed by atoms with E-state index in [2.05, 4.69) is 31.3 Å². The molecule has 0 saturated carbocycles. The lowest BCUT2D eigenvalue weighted by atomic mass is 10.1. The van der Waals surface area contributed by atoms with E-state index >= 15 is 0 Å². The van der Waals surface area contributed by atoms with Crippen LogP contribution in [0.25, 0.3) is 5.69 Å². The lowest BCUT2D eigenvalue weighted by Crippen LogP contribution is -2.19. The normalized spacial score (nSPS) is 16.9. The second-order valence-corrected chi connectivity index (χ2v) is 4.84. The number of nitrogens with zero attached hydrogens (tertiary/aromatic N) is 4. The van der Waals surface area contributed by atoms with Crippen LogP contribution >= 0.6 is 15.9 Å². The summed E-state index contributed by atoms with van der Waals surface area (Å²) in [5, 5.41) is 15.4. The maximum atomic E-state index is 11.5. The number of anilines is 1. The molecule has 0 bridgehead atoms. The van der Waals surface area contributed by atoms with E-state index in [0.717, 1.165) is 5.56 Å². The third-order valence-corrected chi connectivity index (χ3v) is 3.47. The van der Waals surface area contributed by atoms with E-state index in [-0.39, 0.29) is 11.7 Å². The zero-order chi connectivity index (χ0) is 13.6. The summed E-state index contributed by atoms with van der Waals surface area (Å²) in [6.45, 7) is 0. The van der Waals surface area contributed by atoms with Crippen molar-refractivity contribution in [2.45, 2.75) is 6.04 Å². The molecule has 0 radical (unpaired) electrons. The van der Waals surface area contributed by atoms with Gasteiger partial charge in [0, 0.05) is 15.7 Å². The highest BCUT2D eigenvalue weighted by molar-refractivity contribution is 9.10. The number of carbonyl (C=O) groups is 1. The molecule has 7 nitrogen and oxygen atoms in total. The Labute approximate surface area is 116 Å². The van der Waals surface area contributed by atoms with E-state index in [4.69, 9.17) is 11.0 Å². The Bertz CT molecular complexity index is 731. The van der Waals surface area contributed by atoms with Gasteiger partial charge in [0.05, 0.1) is 5.69 Å². The van der Waals surface area contributed by atoms with E-state index in [0.29, 0.717) is 15.8 Å². The van der Waals surface area contributed by atoms with Gasteiger partial charge in [-0.2, -0.15) is 5.26 Å². The van der Waals surface area contributed by atoms with Crippen molar-refractivity contribution in [1.82, 2.24) is 14.8 Å². The molecule has 0 aliphatic carbocycles. The van der Waals surface area contributed by atoms with Gasteiger partial charge in [-0.1, -0.05) is 0 Å². The number of nitrogens with one attached hydrogen (secondary N) is 1. The van der Waals surface area contributed by atoms with Crippen LogP contribution in [-0.2, 0) is 4.79 Å². The number of amides is 1. The summed E-state index contributed by atoms with van der Waals surface area (Å²) in [7, 11) is 0. The Balaban J connectivity index is 2.12. The average Bonchev–Trinajstić information content (AvgIpc) is 2.96. The molecule has 0 fully saturated rings. The average molecular weight is 319 g/mol. The molecule has 1 atom stereocenters. The molecule has 1 unspecified atom stereocenters. The number of benzene rings is 1. The first-order chi connectivity index (χ1) is 9.10. The summed E-state index contributed by atoms with van der Waals surface area (Å²) in [6, 6.07) is 4.69. The summed E-state index contributed by atoms with van der Waals surface area (Å²) in [5.74, 6) is -0.163. The van der Waals surface area contributed by atoms with Gasteiger partial charge in [-0.3, -0.25) is 4.79 Å². The molecular weight excluding hydrogens is 312 g/mol. The second-order valence-electron chi connectivity index (χ2n) is 3.98. The monoisotopic (exact) mass is 318 g/mol. The molecule has 1 aromatic heterocycles. The third kappa shape index (κ3) is 1.80. The summed E-state index contributed by atoms with van der Waals surface area (Å²) >= 11 is 3.40. The van der Waals surface area contributed by atoms with Crippen molar-refractivity contribution >= 4 is 27.5 Å². The highest BCUT2D eigenvalue weighted by Crippen LogP contribution is 2.35. The lowest BCUT2D eigenvalue weighted by Gasteiger charge is -2.08. The summed E-state index contributed by atoms with van der Waals surface area (Å²) in [5.41, 5.74) is 7.80. The van der Waals surface area contributed by atoms with Crippen LogP contribution in [0.3, 0.4) is 0 Å². The van der Waals surface area contributed by atoms with Crippen molar-refractivity contribution in [1.29, 1.82) is 5.26 Å². The van der Waals surface area contributed by atoms with Crippen molar-refractivity contribution in [2.24, 2.45) is 5.73 Å². The molecule has 1 aromatic carbocycles. The Kier molecular flexibility index (Phi) is 2.58. The molecule has 0 spiro atoms. The topological polar surface area (TPSA) is 110 Å². The number of hydrogen-bond acceptors (Lipinski definition) is 5. The van der Waals surface area contributed by atoms with Gasteiger partial charge in [0.25, 0.3) is 5.82 Å². The number of aromatic nitrogens is 3. The molecule has 1 amide bonds.